The first-order valence-electron chi connectivity index (χ1n) is 9.47. The number of nitrogens with zero attached hydrogens (tertiary/aromatic N) is 1. The van der Waals surface area contributed by atoms with Crippen LogP contribution in [0.1, 0.15) is 58.4 Å². The largest absolute Gasteiger partial charge is 0.326 e. The smallest absolute Gasteiger partial charge is 0.271 e. The average Bonchev–Trinajstić information content (AvgIpc) is 2.56. The summed E-state index contributed by atoms with van der Waals surface area (Å²) in [5.74, 6) is 0.502. The molecule has 6 nitrogen and oxygen atoms in total. The number of non-ortho nitro benzene ring substituents is 1. The van der Waals surface area contributed by atoms with Crippen LogP contribution in [0.2, 0.25) is 0 Å². The molecule has 2 N–H and O–H groups in total. The highest BCUT2D eigenvalue weighted by molar-refractivity contribution is 5.92. The number of amides is 1. The first-order valence-corrected chi connectivity index (χ1v) is 9.47. The number of nitrogens with one attached hydrogen (secondary N) is 2. The highest BCUT2D eigenvalue weighted by Crippen LogP contribution is 2.37. The van der Waals surface area contributed by atoms with E-state index in [-0.39, 0.29) is 17.0 Å². The molecule has 0 aliphatic heterocycles. The fourth-order valence-electron chi connectivity index (χ4n) is 3.85. The summed E-state index contributed by atoms with van der Waals surface area (Å²) in [6.45, 7) is 9.31. The Kier molecular flexibility index (Phi) is 6.75. The minimum Gasteiger partial charge on any atom is -0.326 e. The number of nitro benzene ring substituents is 1. The van der Waals surface area contributed by atoms with Crippen molar-refractivity contribution in [2.24, 2.45) is 11.3 Å². The molecule has 1 amide bonds. The number of hydrogen-bond acceptors (Lipinski definition) is 4. The monoisotopic (exact) mass is 361 g/mol. The summed E-state index contributed by atoms with van der Waals surface area (Å²) in [6.07, 6.45) is 5.28. The van der Waals surface area contributed by atoms with Gasteiger partial charge in [0.1, 0.15) is 0 Å². The quantitative estimate of drug-likeness (QED) is 0.580. The van der Waals surface area contributed by atoms with Gasteiger partial charge in [-0.3, -0.25) is 14.9 Å². The van der Waals surface area contributed by atoms with Gasteiger partial charge in [0.2, 0.25) is 5.91 Å². The van der Waals surface area contributed by atoms with E-state index < -0.39 is 4.92 Å². The Morgan fingerprint density at radius 3 is 2.62 bits per heavy atom. The SMILES string of the molecule is Cc1ccc([N+](=O)[O-])cc1NC(=O)CCNC1CCCCC1C(C)(C)C. The number of carbonyl (C=O) groups is 1. The second kappa shape index (κ2) is 8.62. The maximum atomic E-state index is 12.2. The molecule has 0 spiro atoms. The van der Waals surface area contributed by atoms with Gasteiger partial charge in [-0.15, -0.1) is 0 Å². The van der Waals surface area contributed by atoms with E-state index in [1.165, 1.54) is 31.4 Å². The van der Waals surface area contributed by atoms with Crippen LogP contribution in [0, 0.1) is 28.4 Å². The molecule has 1 aliphatic rings. The van der Waals surface area contributed by atoms with Gasteiger partial charge in [0.25, 0.3) is 5.69 Å². The van der Waals surface area contributed by atoms with Gasteiger partial charge in [-0.25, -0.2) is 0 Å². The van der Waals surface area contributed by atoms with E-state index in [1.54, 1.807) is 6.07 Å². The molecule has 0 radical (unpaired) electrons. The molecule has 1 saturated carbocycles. The lowest BCUT2D eigenvalue weighted by Crippen LogP contribution is -2.45. The predicted octanol–water partition coefficient (Wildman–Crippen LogP) is 4.43. The van der Waals surface area contributed by atoms with Gasteiger partial charge in [-0.2, -0.15) is 0 Å². The third kappa shape index (κ3) is 5.53. The summed E-state index contributed by atoms with van der Waals surface area (Å²) in [5, 5.41) is 17.3. The standard InChI is InChI=1S/C20H31N3O3/c1-14-9-10-15(23(25)26)13-18(14)22-19(24)11-12-21-17-8-6-5-7-16(17)20(2,3)4/h9-10,13,16-17,21H,5-8,11-12H2,1-4H3,(H,22,24). The van der Waals surface area contributed by atoms with Crippen LogP contribution >= 0.6 is 0 Å². The normalized spacial score (nSPS) is 20.6. The van der Waals surface area contributed by atoms with E-state index >= 15 is 0 Å². The van der Waals surface area contributed by atoms with Gasteiger partial charge in [-0.05, 0) is 36.7 Å². The molecule has 26 heavy (non-hydrogen) atoms. The van der Waals surface area contributed by atoms with E-state index in [0.717, 1.165) is 12.0 Å². The number of anilines is 1. The molecule has 2 unspecified atom stereocenters. The Morgan fingerprint density at radius 2 is 1.96 bits per heavy atom. The molecule has 144 valence electrons. The van der Waals surface area contributed by atoms with E-state index in [0.29, 0.717) is 30.6 Å². The van der Waals surface area contributed by atoms with Crippen molar-refractivity contribution < 1.29 is 9.72 Å². The average molecular weight is 361 g/mol. The number of carbonyl (C=O) groups excluding carboxylic acids is 1. The second-order valence-corrected chi connectivity index (χ2v) is 8.37. The number of nitro groups is 1. The molecule has 1 aromatic rings. The van der Waals surface area contributed by atoms with Crippen molar-refractivity contribution in [3.8, 4) is 0 Å². The first kappa shape index (κ1) is 20.4. The van der Waals surface area contributed by atoms with Crippen LogP contribution < -0.4 is 10.6 Å². The fourth-order valence-corrected chi connectivity index (χ4v) is 3.85. The Bertz CT molecular complexity index is 652. The van der Waals surface area contributed by atoms with Crippen molar-refractivity contribution in [1.29, 1.82) is 0 Å². The lowest BCUT2D eigenvalue weighted by molar-refractivity contribution is -0.384. The minimum atomic E-state index is -0.452. The third-order valence-corrected chi connectivity index (χ3v) is 5.34. The summed E-state index contributed by atoms with van der Waals surface area (Å²) in [4.78, 5) is 22.7. The molecule has 2 rings (SSSR count). The molecule has 1 fully saturated rings. The molecular formula is C20H31N3O3. The molecule has 1 aromatic carbocycles. The van der Waals surface area contributed by atoms with Gasteiger partial charge in [0.05, 0.1) is 10.6 Å². The molecule has 1 aliphatic carbocycles. The van der Waals surface area contributed by atoms with Crippen LogP contribution in [-0.4, -0.2) is 23.4 Å². The zero-order chi connectivity index (χ0) is 19.3. The fraction of sp³-hybridized carbons (Fsp3) is 0.650. The van der Waals surface area contributed by atoms with Crippen molar-refractivity contribution >= 4 is 17.3 Å². The zero-order valence-electron chi connectivity index (χ0n) is 16.3. The molecule has 0 aromatic heterocycles. The van der Waals surface area contributed by atoms with Gasteiger partial charge >= 0.3 is 0 Å². The number of rotatable bonds is 6. The van der Waals surface area contributed by atoms with Gasteiger partial charge in [0, 0.05) is 31.1 Å². The van der Waals surface area contributed by atoms with Gasteiger partial charge < -0.3 is 10.6 Å². The molecule has 0 heterocycles. The third-order valence-electron chi connectivity index (χ3n) is 5.34. The predicted molar refractivity (Wildman–Crippen MR) is 104 cm³/mol. The van der Waals surface area contributed by atoms with Crippen LogP contribution in [-0.2, 0) is 4.79 Å². The van der Waals surface area contributed by atoms with E-state index in [4.69, 9.17) is 0 Å². The summed E-state index contributed by atoms with van der Waals surface area (Å²) < 4.78 is 0. The molecule has 2 atom stereocenters. The lowest BCUT2D eigenvalue weighted by Gasteiger charge is -2.41. The van der Waals surface area contributed by atoms with Gasteiger partial charge in [-0.1, -0.05) is 39.7 Å². The van der Waals surface area contributed by atoms with E-state index in [9.17, 15) is 14.9 Å². The summed E-state index contributed by atoms with van der Waals surface area (Å²) in [7, 11) is 0. The van der Waals surface area contributed by atoms with Crippen molar-refractivity contribution in [1.82, 2.24) is 5.32 Å². The Morgan fingerprint density at radius 1 is 1.27 bits per heavy atom. The molecule has 0 saturated heterocycles. The Labute approximate surface area is 155 Å². The summed E-state index contributed by atoms with van der Waals surface area (Å²) in [5.41, 5.74) is 1.58. The van der Waals surface area contributed by atoms with E-state index in [2.05, 4.69) is 31.4 Å². The van der Waals surface area contributed by atoms with Crippen LogP contribution in [0.5, 0.6) is 0 Å². The van der Waals surface area contributed by atoms with Crippen LogP contribution in [0.25, 0.3) is 0 Å². The zero-order valence-corrected chi connectivity index (χ0v) is 16.3. The highest BCUT2D eigenvalue weighted by atomic mass is 16.6. The van der Waals surface area contributed by atoms with E-state index in [1.807, 2.05) is 6.92 Å². The Balaban J connectivity index is 1.87. The minimum absolute atomic E-state index is 0.0146. The van der Waals surface area contributed by atoms with Crippen LogP contribution in [0.3, 0.4) is 0 Å². The second-order valence-electron chi connectivity index (χ2n) is 8.37. The van der Waals surface area contributed by atoms with Gasteiger partial charge in [0.15, 0.2) is 0 Å². The number of aryl methyl sites for hydroxylation is 1. The number of benzene rings is 1. The topological polar surface area (TPSA) is 84.3 Å². The molecule has 0 bridgehead atoms. The maximum absolute atomic E-state index is 12.2. The number of hydrogen-bond donors (Lipinski definition) is 2. The lowest BCUT2D eigenvalue weighted by atomic mass is 9.69. The van der Waals surface area contributed by atoms with Crippen LogP contribution in [0.15, 0.2) is 18.2 Å². The van der Waals surface area contributed by atoms with Crippen molar-refractivity contribution in [2.45, 2.75) is 65.8 Å². The highest BCUT2D eigenvalue weighted by Gasteiger charge is 2.33. The first-order chi connectivity index (χ1) is 12.2. The van der Waals surface area contributed by atoms with Crippen molar-refractivity contribution in [2.75, 3.05) is 11.9 Å². The maximum Gasteiger partial charge on any atom is 0.271 e. The van der Waals surface area contributed by atoms with Crippen LogP contribution in [0.4, 0.5) is 11.4 Å². The van der Waals surface area contributed by atoms with Crippen molar-refractivity contribution in [3.05, 3.63) is 33.9 Å². The summed E-state index contributed by atoms with van der Waals surface area (Å²) in [6, 6.07) is 4.97. The Hall–Kier alpha value is -1.95. The summed E-state index contributed by atoms with van der Waals surface area (Å²) >= 11 is 0. The van der Waals surface area contributed by atoms with Crippen molar-refractivity contribution in [3.63, 3.8) is 0 Å². The molecular weight excluding hydrogens is 330 g/mol. The molecule has 6 heteroatoms.